The molecule has 2 aliphatic rings. The van der Waals surface area contributed by atoms with Crippen LogP contribution in [0.15, 0.2) is 0 Å². The highest BCUT2D eigenvalue weighted by atomic mass is 19.4. The summed E-state index contributed by atoms with van der Waals surface area (Å²) >= 11 is 0. The number of morpholine rings is 1. The predicted molar refractivity (Wildman–Crippen MR) is 46.6 cm³/mol. The van der Waals surface area contributed by atoms with Crippen LogP contribution < -0.4 is 5.32 Å². The lowest BCUT2D eigenvalue weighted by Gasteiger charge is -2.43. The van der Waals surface area contributed by atoms with Gasteiger partial charge in [0.1, 0.15) is 0 Å². The molecule has 0 saturated carbocycles. The van der Waals surface area contributed by atoms with E-state index >= 15 is 0 Å². The van der Waals surface area contributed by atoms with Crippen LogP contribution in [0.25, 0.3) is 0 Å². The average molecular weight is 225 g/mol. The van der Waals surface area contributed by atoms with Gasteiger partial charge in [0.2, 0.25) is 0 Å². The lowest BCUT2D eigenvalue weighted by Crippen LogP contribution is -2.61. The fourth-order valence-corrected chi connectivity index (χ4v) is 1.97. The van der Waals surface area contributed by atoms with Gasteiger partial charge >= 0.3 is 6.18 Å². The topological polar surface area (TPSA) is 30.5 Å². The van der Waals surface area contributed by atoms with Gasteiger partial charge in [0, 0.05) is 25.3 Å². The van der Waals surface area contributed by atoms with Gasteiger partial charge in [-0.3, -0.25) is 0 Å². The van der Waals surface area contributed by atoms with Crippen molar-refractivity contribution in [2.45, 2.75) is 30.7 Å². The van der Waals surface area contributed by atoms with E-state index in [1.54, 1.807) is 0 Å². The van der Waals surface area contributed by atoms with E-state index in [0.717, 1.165) is 12.8 Å². The fraction of sp³-hybridized carbons (Fsp3) is 1.00. The lowest BCUT2D eigenvalue weighted by molar-refractivity contribution is -0.238. The SMILES string of the molecule is FC(F)(F)C1CNC2(CCOCC2)CO1. The largest absolute Gasteiger partial charge is 0.415 e. The van der Waals surface area contributed by atoms with E-state index in [1.807, 2.05) is 0 Å². The minimum Gasteiger partial charge on any atom is -0.381 e. The first-order valence-electron chi connectivity index (χ1n) is 5.03. The van der Waals surface area contributed by atoms with Crippen LogP contribution in [0.1, 0.15) is 12.8 Å². The number of rotatable bonds is 0. The molecule has 15 heavy (non-hydrogen) atoms. The van der Waals surface area contributed by atoms with Crippen molar-refractivity contribution in [2.75, 3.05) is 26.4 Å². The van der Waals surface area contributed by atoms with Crippen molar-refractivity contribution in [3.8, 4) is 0 Å². The quantitative estimate of drug-likeness (QED) is 0.669. The van der Waals surface area contributed by atoms with Crippen molar-refractivity contribution in [2.24, 2.45) is 0 Å². The first-order valence-corrected chi connectivity index (χ1v) is 5.03. The smallest absolute Gasteiger partial charge is 0.381 e. The highest BCUT2D eigenvalue weighted by molar-refractivity contribution is 4.95. The minimum atomic E-state index is -4.26. The third-order valence-corrected chi connectivity index (χ3v) is 3.04. The summed E-state index contributed by atoms with van der Waals surface area (Å²) < 4.78 is 47.0. The number of nitrogens with one attached hydrogen (secondary N) is 1. The van der Waals surface area contributed by atoms with Gasteiger partial charge in [-0.15, -0.1) is 0 Å². The van der Waals surface area contributed by atoms with Crippen LogP contribution in [0, 0.1) is 0 Å². The summed E-state index contributed by atoms with van der Waals surface area (Å²) in [5.41, 5.74) is -0.292. The summed E-state index contributed by atoms with van der Waals surface area (Å²) in [6.45, 7) is 1.16. The van der Waals surface area contributed by atoms with Crippen LogP contribution in [0.5, 0.6) is 0 Å². The third-order valence-electron chi connectivity index (χ3n) is 3.04. The van der Waals surface area contributed by atoms with Crippen LogP contribution in [-0.2, 0) is 9.47 Å². The molecule has 0 radical (unpaired) electrons. The van der Waals surface area contributed by atoms with Crippen molar-refractivity contribution in [3.63, 3.8) is 0 Å². The van der Waals surface area contributed by atoms with Crippen LogP contribution in [0.3, 0.4) is 0 Å². The highest BCUT2D eigenvalue weighted by Gasteiger charge is 2.47. The molecule has 2 rings (SSSR count). The van der Waals surface area contributed by atoms with E-state index in [4.69, 9.17) is 9.47 Å². The van der Waals surface area contributed by atoms with Gasteiger partial charge in [0.25, 0.3) is 0 Å². The number of hydrogen-bond donors (Lipinski definition) is 1. The van der Waals surface area contributed by atoms with Crippen molar-refractivity contribution < 1.29 is 22.6 Å². The maximum absolute atomic E-state index is 12.3. The Kier molecular flexibility index (Phi) is 2.92. The zero-order valence-electron chi connectivity index (χ0n) is 8.27. The maximum atomic E-state index is 12.3. The molecule has 88 valence electrons. The van der Waals surface area contributed by atoms with Gasteiger partial charge in [-0.05, 0) is 12.8 Å². The summed E-state index contributed by atoms with van der Waals surface area (Å²) in [6.07, 6.45) is -4.49. The molecule has 2 saturated heterocycles. The van der Waals surface area contributed by atoms with Gasteiger partial charge < -0.3 is 14.8 Å². The number of halogens is 3. The van der Waals surface area contributed by atoms with Crippen molar-refractivity contribution in [1.82, 2.24) is 5.32 Å². The maximum Gasteiger partial charge on any atom is 0.415 e. The van der Waals surface area contributed by atoms with Crippen LogP contribution >= 0.6 is 0 Å². The highest BCUT2D eigenvalue weighted by Crippen LogP contribution is 2.30. The van der Waals surface area contributed by atoms with Gasteiger partial charge in [-0.1, -0.05) is 0 Å². The van der Waals surface area contributed by atoms with Gasteiger partial charge in [-0.2, -0.15) is 13.2 Å². The lowest BCUT2D eigenvalue weighted by atomic mass is 9.89. The zero-order chi connectivity index (χ0) is 10.9. The van der Waals surface area contributed by atoms with E-state index in [-0.39, 0.29) is 18.7 Å². The Balaban J connectivity index is 1.91. The van der Waals surface area contributed by atoms with Crippen molar-refractivity contribution in [3.05, 3.63) is 0 Å². The fourth-order valence-electron chi connectivity index (χ4n) is 1.97. The molecule has 0 aromatic rings. The van der Waals surface area contributed by atoms with Crippen LogP contribution in [0.2, 0.25) is 0 Å². The van der Waals surface area contributed by atoms with Crippen molar-refractivity contribution >= 4 is 0 Å². The number of alkyl halides is 3. The van der Waals surface area contributed by atoms with Crippen LogP contribution in [-0.4, -0.2) is 44.2 Å². The Morgan fingerprint density at radius 3 is 2.33 bits per heavy atom. The normalized spacial score (nSPS) is 31.8. The molecule has 1 unspecified atom stereocenters. The third kappa shape index (κ3) is 2.43. The van der Waals surface area contributed by atoms with E-state index < -0.39 is 12.3 Å². The molecule has 6 heteroatoms. The second-order valence-corrected chi connectivity index (χ2v) is 4.11. The van der Waals surface area contributed by atoms with Crippen molar-refractivity contribution in [1.29, 1.82) is 0 Å². The summed E-state index contributed by atoms with van der Waals surface area (Å²) in [4.78, 5) is 0. The Bertz CT molecular complexity index is 216. The molecule has 1 atom stereocenters. The summed E-state index contributed by atoms with van der Waals surface area (Å²) in [7, 11) is 0. The van der Waals surface area contributed by atoms with E-state index in [9.17, 15) is 13.2 Å². The second-order valence-electron chi connectivity index (χ2n) is 4.11. The first kappa shape index (κ1) is 11.2. The van der Waals surface area contributed by atoms with E-state index in [2.05, 4.69) is 5.32 Å². The van der Waals surface area contributed by atoms with Gasteiger partial charge in [0.15, 0.2) is 6.10 Å². The van der Waals surface area contributed by atoms with E-state index in [0.29, 0.717) is 13.2 Å². The molecule has 2 fully saturated rings. The molecule has 3 nitrogen and oxygen atoms in total. The number of hydrogen-bond acceptors (Lipinski definition) is 3. The predicted octanol–water partition coefficient (Wildman–Crippen LogP) is 1.09. The zero-order valence-corrected chi connectivity index (χ0v) is 8.27. The molecular weight excluding hydrogens is 211 g/mol. The van der Waals surface area contributed by atoms with Gasteiger partial charge in [-0.25, -0.2) is 0 Å². The molecule has 1 spiro atoms. The molecule has 2 aliphatic heterocycles. The number of ether oxygens (including phenoxy) is 2. The molecule has 0 amide bonds. The minimum absolute atomic E-state index is 0.126. The average Bonchev–Trinajstić information content (AvgIpc) is 2.18. The van der Waals surface area contributed by atoms with Crippen LogP contribution in [0.4, 0.5) is 13.2 Å². The Hall–Kier alpha value is -0.330. The molecule has 2 heterocycles. The molecule has 0 aromatic heterocycles. The standard InChI is InChI=1S/C9H14F3NO2/c10-9(11,12)7-5-13-8(6-15-7)1-3-14-4-2-8/h7,13H,1-6H2. The summed E-state index contributed by atoms with van der Waals surface area (Å²) in [5, 5.41) is 2.97. The Morgan fingerprint density at radius 1 is 1.20 bits per heavy atom. The second kappa shape index (κ2) is 3.92. The summed E-state index contributed by atoms with van der Waals surface area (Å²) in [6, 6.07) is 0. The molecule has 1 N–H and O–H groups in total. The molecule has 0 aliphatic carbocycles. The molecule has 0 bridgehead atoms. The first-order chi connectivity index (χ1) is 7.02. The van der Waals surface area contributed by atoms with Gasteiger partial charge in [0.05, 0.1) is 6.61 Å². The monoisotopic (exact) mass is 225 g/mol. The van der Waals surface area contributed by atoms with E-state index in [1.165, 1.54) is 0 Å². The summed E-state index contributed by atoms with van der Waals surface area (Å²) in [5.74, 6) is 0. The Labute approximate surface area is 85.9 Å². The molecular formula is C9H14F3NO2. The Morgan fingerprint density at radius 2 is 1.87 bits per heavy atom. The molecule has 0 aromatic carbocycles.